The van der Waals surface area contributed by atoms with Crippen LogP contribution in [-0.2, 0) is 9.53 Å². The molecule has 21 heavy (non-hydrogen) atoms. The van der Waals surface area contributed by atoms with Gasteiger partial charge in [-0.25, -0.2) is 0 Å². The van der Waals surface area contributed by atoms with Gasteiger partial charge in [0.25, 0.3) is 0 Å². The van der Waals surface area contributed by atoms with E-state index in [4.69, 9.17) is 15.2 Å². The van der Waals surface area contributed by atoms with E-state index in [-0.39, 0.29) is 12.0 Å². The number of amides is 1. The Balaban J connectivity index is 1.57. The van der Waals surface area contributed by atoms with Gasteiger partial charge in [-0.3, -0.25) is 4.79 Å². The van der Waals surface area contributed by atoms with Gasteiger partial charge in [0.2, 0.25) is 5.91 Å². The Bertz CT molecular complexity index is 489. The fourth-order valence-electron chi connectivity index (χ4n) is 2.90. The van der Waals surface area contributed by atoms with Crippen molar-refractivity contribution in [1.82, 2.24) is 0 Å². The fraction of sp³-hybridized carbons (Fsp3) is 0.562. The van der Waals surface area contributed by atoms with Gasteiger partial charge in [0.05, 0.1) is 18.8 Å². The van der Waals surface area contributed by atoms with E-state index in [9.17, 15) is 4.79 Å². The van der Waals surface area contributed by atoms with Gasteiger partial charge in [0.15, 0.2) is 0 Å². The van der Waals surface area contributed by atoms with E-state index in [1.54, 1.807) is 0 Å². The van der Waals surface area contributed by atoms with E-state index >= 15 is 0 Å². The Morgan fingerprint density at radius 2 is 2.00 bits per heavy atom. The standard InChI is InChI=1S/C16H22N2O3/c17-16(8-1-2-9-16)15(19)18-12-3-5-13(6-4-12)21-14-7-10-20-11-14/h3-6,14H,1-2,7-11,17H2,(H,18,19). The molecule has 2 fully saturated rings. The number of carbonyl (C=O) groups is 1. The molecule has 0 radical (unpaired) electrons. The summed E-state index contributed by atoms with van der Waals surface area (Å²) in [7, 11) is 0. The highest BCUT2D eigenvalue weighted by atomic mass is 16.5. The smallest absolute Gasteiger partial charge is 0.244 e. The van der Waals surface area contributed by atoms with Crippen molar-refractivity contribution in [3.63, 3.8) is 0 Å². The highest BCUT2D eigenvalue weighted by molar-refractivity contribution is 5.98. The Hall–Kier alpha value is -1.59. The molecule has 3 rings (SSSR count). The SMILES string of the molecule is NC1(C(=O)Nc2ccc(OC3CCOC3)cc2)CCCC1. The van der Waals surface area contributed by atoms with Crippen molar-refractivity contribution in [3.05, 3.63) is 24.3 Å². The molecule has 1 unspecified atom stereocenters. The summed E-state index contributed by atoms with van der Waals surface area (Å²) in [6.45, 7) is 1.41. The summed E-state index contributed by atoms with van der Waals surface area (Å²) < 4.78 is 11.1. The highest BCUT2D eigenvalue weighted by Crippen LogP contribution is 2.28. The molecule has 114 valence electrons. The maximum Gasteiger partial charge on any atom is 0.244 e. The Morgan fingerprint density at radius 1 is 1.29 bits per heavy atom. The molecule has 1 aliphatic carbocycles. The van der Waals surface area contributed by atoms with Gasteiger partial charge in [-0.05, 0) is 37.1 Å². The van der Waals surface area contributed by atoms with E-state index in [1.807, 2.05) is 24.3 Å². The predicted octanol–water partition coefficient (Wildman–Crippen LogP) is 2.06. The summed E-state index contributed by atoms with van der Waals surface area (Å²) in [5.41, 5.74) is 6.20. The maximum atomic E-state index is 12.2. The van der Waals surface area contributed by atoms with Crippen molar-refractivity contribution >= 4 is 11.6 Å². The van der Waals surface area contributed by atoms with Crippen LogP contribution >= 0.6 is 0 Å². The number of anilines is 1. The molecular weight excluding hydrogens is 268 g/mol. The van der Waals surface area contributed by atoms with Crippen molar-refractivity contribution in [1.29, 1.82) is 0 Å². The molecule has 5 nitrogen and oxygen atoms in total. The molecule has 1 atom stereocenters. The number of nitrogens with one attached hydrogen (secondary N) is 1. The van der Waals surface area contributed by atoms with E-state index in [1.165, 1.54) is 0 Å². The summed E-state index contributed by atoms with van der Waals surface area (Å²) >= 11 is 0. The first kappa shape index (κ1) is 14.4. The summed E-state index contributed by atoms with van der Waals surface area (Å²) in [5, 5.41) is 2.90. The molecule has 1 saturated heterocycles. The van der Waals surface area contributed by atoms with Crippen LogP contribution in [0.1, 0.15) is 32.1 Å². The lowest BCUT2D eigenvalue weighted by atomic mass is 9.98. The van der Waals surface area contributed by atoms with E-state index in [0.29, 0.717) is 6.61 Å². The van der Waals surface area contributed by atoms with Crippen LogP contribution in [0.3, 0.4) is 0 Å². The minimum Gasteiger partial charge on any atom is -0.488 e. The second-order valence-electron chi connectivity index (χ2n) is 5.95. The third kappa shape index (κ3) is 3.36. The summed E-state index contributed by atoms with van der Waals surface area (Å²) in [4.78, 5) is 12.2. The summed E-state index contributed by atoms with van der Waals surface area (Å²) in [6.07, 6.45) is 4.65. The van der Waals surface area contributed by atoms with Gasteiger partial charge in [0, 0.05) is 12.1 Å². The normalized spacial score (nSPS) is 24.0. The topological polar surface area (TPSA) is 73.6 Å². The van der Waals surface area contributed by atoms with Crippen molar-refractivity contribution in [3.8, 4) is 5.75 Å². The Morgan fingerprint density at radius 3 is 2.62 bits per heavy atom. The van der Waals surface area contributed by atoms with Crippen molar-refractivity contribution in [2.45, 2.75) is 43.7 Å². The summed E-state index contributed by atoms with van der Waals surface area (Å²) in [5.74, 6) is 0.713. The highest BCUT2D eigenvalue weighted by Gasteiger charge is 2.36. The van der Waals surface area contributed by atoms with E-state index < -0.39 is 5.54 Å². The van der Waals surface area contributed by atoms with E-state index in [0.717, 1.165) is 50.1 Å². The lowest BCUT2D eigenvalue weighted by molar-refractivity contribution is -0.121. The van der Waals surface area contributed by atoms with Gasteiger partial charge in [-0.1, -0.05) is 12.8 Å². The quantitative estimate of drug-likeness (QED) is 0.890. The van der Waals surface area contributed by atoms with Gasteiger partial charge in [-0.15, -0.1) is 0 Å². The minimum absolute atomic E-state index is 0.0853. The van der Waals surface area contributed by atoms with Crippen LogP contribution < -0.4 is 15.8 Å². The zero-order valence-electron chi connectivity index (χ0n) is 12.1. The van der Waals surface area contributed by atoms with Gasteiger partial charge < -0.3 is 20.5 Å². The molecule has 2 aliphatic rings. The third-order valence-electron chi connectivity index (χ3n) is 4.25. The van der Waals surface area contributed by atoms with Crippen LogP contribution in [0.15, 0.2) is 24.3 Å². The predicted molar refractivity (Wildman–Crippen MR) is 80.3 cm³/mol. The molecule has 1 amide bonds. The first-order chi connectivity index (χ1) is 10.2. The van der Waals surface area contributed by atoms with Gasteiger partial charge in [0.1, 0.15) is 11.9 Å². The zero-order valence-corrected chi connectivity index (χ0v) is 12.1. The second kappa shape index (κ2) is 6.03. The molecule has 0 spiro atoms. The number of carbonyl (C=O) groups excluding carboxylic acids is 1. The molecule has 1 saturated carbocycles. The average Bonchev–Trinajstić information content (AvgIpc) is 3.13. The van der Waals surface area contributed by atoms with Gasteiger partial charge in [-0.2, -0.15) is 0 Å². The molecule has 5 heteroatoms. The lowest BCUT2D eigenvalue weighted by Crippen LogP contribution is -2.48. The van der Waals surface area contributed by atoms with Crippen LogP contribution in [-0.4, -0.2) is 30.8 Å². The van der Waals surface area contributed by atoms with Crippen LogP contribution in [0, 0.1) is 0 Å². The fourth-order valence-corrected chi connectivity index (χ4v) is 2.90. The molecule has 0 aromatic heterocycles. The van der Waals surface area contributed by atoms with Crippen LogP contribution in [0.4, 0.5) is 5.69 Å². The first-order valence-corrected chi connectivity index (χ1v) is 7.60. The third-order valence-corrected chi connectivity index (χ3v) is 4.25. The molecule has 1 aliphatic heterocycles. The number of hydrogen-bond acceptors (Lipinski definition) is 4. The molecule has 1 aromatic carbocycles. The van der Waals surface area contributed by atoms with Crippen LogP contribution in [0.25, 0.3) is 0 Å². The number of rotatable bonds is 4. The molecule has 1 heterocycles. The monoisotopic (exact) mass is 290 g/mol. The summed E-state index contributed by atoms with van der Waals surface area (Å²) in [6, 6.07) is 7.43. The second-order valence-corrected chi connectivity index (χ2v) is 5.95. The zero-order chi connectivity index (χ0) is 14.7. The maximum absolute atomic E-state index is 12.2. The Labute approximate surface area is 124 Å². The molecular formula is C16H22N2O3. The largest absolute Gasteiger partial charge is 0.488 e. The Kier molecular flexibility index (Phi) is 4.12. The van der Waals surface area contributed by atoms with Crippen LogP contribution in [0.5, 0.6) is 5.75 Å². The van der Waals surface area contributed by atoms with Gasteiger partial charge >= 0.3 is 0 Å². The number of ether oxygens (including phenoxy) is 2. The minimum atomic E-state index is -0.698. The van der Waals surface area contributed by atoms with Crippen molar-refractivity contribution in [2.75, 3.05) is 18.5 Å². The van der Waals surface area contributed by atoms with Crippen molar-refractivity contribution < 1.29 is 14.3 Å². The molecule has 1 aromatic rings. The number of benzene rings is 1. The van der Waals surface area contributed by atoms with E-state index in [2.05, 4.69) is 5.32 Å². The van der Waals surface area contributed by atoms with Crippen LogP contribution in [0.2, 0.25) is 0 Å². The first-order valence-electron chi connectivity index (χ1n) is 7.60. The number of hydrogen-bond donors (Lipinski definition) is 2. The molecule has 0 bridgehead atoms. The average molecular weight is 290 g/mol. The molecule has 3 N–H and O–H groups in total. The lowest BCUT2D eigenvalue weighted by Gasteiger charge is -2.22. The van der Waals surface area contributed by atoms with Crippen molar-refractivity contribution in [2.24, 2.45) is 5.73 Å². The number of nitrogens with two attached hydrogens (primary N) is 1.